The number of pyridine rings is 1. The molecule has 0 aliphatic rings. The number of hydrogen-bond donors (Lipinski definition) is 1. The summed E-state index contributed by atoms with van der Waals surface area (Å²) >= 11 is 6.27. The lowest BCUT2D eigenvalue weighted by Gasteiger charge is -2.11. The van der Waals surface area contributed by atoms with Crippen LogP contribution in [0.25, 0.3) is 0 Å². The van der Waals surface area contributed by atoms with E-state index in [-0.39, 0.29) is 0 Å². The minimum atomic E-state index is -0.484. The van der Waals surface area contributed by atoms with Crippen LogP contribution in [0.1, 0.15) is 23.9 Å². The van der Waals surface area contributed by atoms with Crippen molar-refractivity contribution in [2.75, 3.05) is 0 Å². The SMILES string of the molecule is CCc1nn(C)c(CC(O)Cc2cccnc2)c1Cl. The van der Waals surface area contributed by atoms with Crippen LogP contribution in [-0.2, 0) is 26.3 Å². The number of aliphatic hydroxyl groups is 1. The molecule has 5 heteroatoms. The van der Waals surface area contributed by atoms with Gasteiger partial charge >= 0.3 is 0 Å². The molecule has 1 N–H and O–H groups in total. The van der Waals surface area contributed by atoms with Crippen molar-refractivity contribution in [1.29, 1.82) is 0 Å². The van der Waals surface area contributed by atoms with Crippen molar-refractivity contribution in [1.82, 2.24) is 14.8 Å². The molecule has 1 unspecified atom stereocenters. The topological polar surface area (TPSA) is 50.9 Å². The van der Waals surface area contributed by atoms with Gasteiger partial charge in [-0.15, -0.1) is 0 Å². The van der Waals surface area contributed by atoms with Crippen LogP contribution in [0.5, 0.6) is 0 Å². The first-order chi connectivity index (χ1) is 9.11. The molecule has 0 bridgehead atoms. The quantitative estimate of drug-likeness (QED) is 0.913. The first kappa shape index (κ1) is 14.0. The van der Waals surface area contributed by atoms with Crippen LogP contribution in [0.15, 0.2) is 24.5 Å². The van der Waals surface area contributed by atoms with Crippen LogP contribution < -0.4 is 0 Å². The molecular weight excluding hydrogens is 262 g/mol. The fraction of sp³-hybridized carbons (Fsp3) is 0.429. The van der Waals surface area contributed by atoms with E-state index in [1.165, 1.54) is 0 Å². The van der Waals surface area contributed by atoms with Gasteiger partial charge in [-0.2, -0.15) is 5.10 Å². The van der Waals surface area contributed by atoms with E-state index in [9.17, 15) is 5.11 Å². The smallest absolute Gasteiger partial charge is 0.0850 e. The van der Waals surface area contributed by atoms with E-state index in [1.807, 2.05) is 26.1 Å². The Hall–Kier alpha value is -1.39. The Balaban J connectivity index is 2.07. The maximum atomic E-state index is 10.2. The highest BCUT2D eigenvalue weighted by Crippen LogP contribution is 2.22. The second kappa shape index (κ2) is 6.17. The number of hydrogen-bond acceptors (Lipinski definition) is 3. The van der Waals surface area contributed by atoms with Crippen LogP contribution in [0.4, 0.5) is 0 Å². The van der Waals surface area contributed by atoms with Crippen LogP contribution >= 0.6 is 11.6 Å². The molecule has 0 aromatic carbocycles. The van der Waals surface area contributed by atoms with Gasteiger partial charge in [-0.1, -0.05) is 24.6 Å². The van der Waals surface area contributed by atoms with Crippen molar-refractivity contribution in [3.63, 3.8) is 0 Å². The van der Waals surface area contributed by atoms with Gasteiger partial charge in [0.15, 0.2) is 0 Å². The summed E-state index contributed by atoms with van der Waals surface area (Å²) in [6, 6.07) is 3.83. The van der Waals surface area contributed by atoms with E-state index in [1.54, 1.807) is 17.1 Å². The summed E-state index contributed by atoms with van der Waals surface area (Å²) in [5.41, 5.74) is 2.78. The normalized spacial score (nSPS) is 12.6. The fourth-order valence-corrected chi connectivity index (χ4v) is 2.50. The Morgan fingerprint density at radius 3 is 2.79 bits per heavy atom. The molecule has 0 spiro atoms. The third-order valence-electron chi connectivity index (χ3n) is 3.13. The van der Waals surface area contributed by atoms with E-state index in [2.05, 4.69) is 10.1 Å². The Labute approximate surface area is 118 Å². The maximum absolute atomic E-state index is 10.2. The molecule has 2 rings (SSSR count). The summed E-state index contributed by atoms with van der Waals surface area (Å²) in [6.45, 7) is 2.02. The summed E-state index contributed by atoms with van der Waals surface area (Å²) in [7, 11) is 1.86. The zero-order valence-electron chi connectivity index (χ0n) is 11.2. The van der Waals surface area contributed by atoms with Gasteiger partial charge in [0, 0.05) is 32.3 Å². The van der Waals surface area contributed by atoms with Crippen molar-refractivity contribution in [3.8, 4) is 0 Å². The van der Waals surface area contributed by atoms with Gasteiger partial charge in [0.1, 0.15) is 0 Å². The molecule has 0 saturated heterocycles. The third-order valence-corrected chi connectivity index (χ3v) is 3.56. The number of aliphatic hydroxyl groups excluding tert-OH is 1. The first-order valence-electron chi connectivity index (χ1n) is 6.39. The van der Waals surface area contributed by atoms with Crippen LogP contribution in [0.3, 0.4) is 0 Å². The van der Waals surface area contributed by atoms with Gasteiger partial charge in [-0.25, -0.2) is 0 Å². The number of halogens is 1. The molecule has 0 aliphatic heterocycles. The Kier molecular flexibility index (Phi) is 4.56. The van der Waals surface area contributed by atoms with Crippen LogP contribution in [0.2, 0.25) is 5.02 Å². The van der Waals surface area contributed by atoms with Crippen molar-refractivity contribution < 1.29 is 5.11 Å². The van der Waals surface area contributed by atoms with E-state index in [4.69, 9.17) is 11.6 Å². The number of nitrogens with zero attached hydrogens (tertiary/aromatic N) is 3. The minimum Gasteiger partial charge on any atom is -0.392 e. The lowest BCUT2D eigenvalue weighted by atomic mass is 10.1. The second-order valence-corrected chi connectivity index (χ2v) is 4.99. The monoisotopic (exact) mass is 279 g/mol. The summed E-state index contributed by atoms with van der Waals surface area (Å²) < 4.78 is 1.76. The molecule has 0 saturated carbocycles. The van der Waals surface area contributed by atoms with Gasteiger partial charge in [0.2, 0.25) is 0 Å². The van der Waals surface area contributed by atoms with E-state index < -0.39 is 6.10 Å². The molecule has 1 atom stereocenters. The van der Waals surface area contributed by atoms with Crippen molar-refractivity contribution in [2.45, 2.75) is 32.3 Å². The van der Waals surface area contributed by atoms with E-state index in [0.717, 1.165) is 23.4 Å². The summed E-state index contributed by atoms with van der Waals surface area (Å²) in [6.07, 6.45) is 4.87. The third kappa shape index (κ3) is 3.33. The van der Waals surface area contributed by atoms with Gasteiger partial charge in [0.25, 0.3) is 0 Å². The molecule has 2 heterocycles. The molecule has 4 nitrogen and oxygen atoms in total. The van der Waals surface area contributed by atoms with Gasteiger partial charge < -0.3 is 5.11 Å². The number of aryl methyl sites for hydroxylation is 2. The summed E-state index contributed by atoms with van der Waals surface area (Å²) in [4.78, 5) is 4.04. The molecule has 0 aliphatic carbocycles. The predicted molar refractivity (Wildman–Crippen MR) is 75.2 cm³/mol. The lowest BCUT2D eigenvalue weighted by molar-refractivity contribution is 0.173. The lowest BCUT2D eigenvalue weighted by Crippen LogP contribution is -2.16. The summed E-state index contributed by atoms with van der Waals surface area (Å²) in [5, 5.41) is 15.2. The molecule has 2 aromatic heterocycles. The highest BCUT2D eigenvalue weighted by molar-refractivity contribution is 6.31. The highest BCUT2D eigenvalue weighted by Gasteiger charge is 2.16. The highest BCUT2D eigenvalue weighted by atomic mass is 35.5. The first-order valence-corrected chi connectivity index (χ1v) is 6.76. The number of aromatic nitrogens is 3. The largest absolute Gasteiger partial charge is 0.392 e. The van der Waals surface area contributed by atoms with Gasteiger partial charge in [0.05, 0.1) is 22.5 Å². The molecule has 0 amide bonds. The van der Waals surface area contributed by atoms with Gasteiger partial charge in [-0.3, -0.25) is 9.67 Å². The van der Waals surface area contributed by atoms with E-state index in [0.29, 0.717) is 17.9 Å². The minimum absolute atomic E-state index is 0.484. The predicted octanol–water partition coefficient (Wildman–Crippen LogP) is 2.18. The standard InChI is InChI=1S/C14H18ClN3O/c1-3-12-14(15)13(18(2)17-12)8-11(19)7-10-5-4-6-16-9-10/h4-6,9,11,19H,3,7-8H2,1-2H3. The average Bonchev–Trinajstić information content (AvgIpc) is 2.67. The van der Waals surface area contributed by atoms with E-state index >= 15 is 0 Å². The Morgan fingerprint density at radius 1 is 1.42 bits per heavy atom. The van der Waals surface area contributed by atoms with Crippen molar-refractivity contribution in [3.05, 3.63) is 46.5 Å². The maximum Gasteiger partial charge on any atom is 0.0850 e. The number of rotatable bonds is 5. The zero-order chi connectivity index (χ0) is 13.8. The molecule has 0 fully saturated rings. The molecular formula is C14H18ClN3O. The molecule has 19 heavy (non-hydrogen) atoms. The fourth-order valence-electron chi connectivity index (χ4n) is 2.13. The molecule has 2 aromatic rings. The molecule has 0 radical (unpaired) electrons. The van der Waals surface area contributed by atoms with Crippen molar-refractivity contribution in [2.24, 2.45) is 7.05 Å². The van der Waals surface area contributed by atoms with Crippen LogP contribution in [-0.4, -0.2) is 26.0 Å². The van der Waals surface area contributed by atoms with Crippen LogP contribution in [0, 0.1) is 0 Å². The Bertz CT molecular complexity index is 539. The Morgan fingerprint density at radius 2 is 2.21 bits per heavy atom. The van der Waals surface area contributed by atoms with Crippen molar-refractivity contribution >= 4 is 11.6 Å². The summed E-state index contributed by atoms with van der Waals surface area (Å²) in [5.74, 6) is 0. The molecule has 102 valence electrons. The second-order valence-electron chi connectivity index (χ2n) is 4.61. The average molecular weight is 280 g/mol. The van der Waals surface area contributed by atoms with Gasteiger partial charge in [-0.05, 0) is 18.1 Å². The zero-order valence-corrected chi connectivity index (χ0v) is 11.9.